The maximum Gasteiger partial charge on any atom is 0.212 e. The van der Waals surface area contributed by atoms with Gasteiger partial charge in [-0.1, -0.05) is 0 Å². The Bertz CT molecular complexity index is 278. The Balaban J connectivity index is 2.05. The summed E-state index contributed by atoms with van der Waals surface area (Å²) in [5.74, 6) is 0.876. The molecule has 0 radical (unpaired) electrons. The largest absolute Gasteiger partial charge is 0.472 e. The molecule has 1 aromatic rings. The fraction of sp³-hybridized carbons (Fsp3) is 0.667. The lowest BCUT2D eigenvalue weighted by molar-refractivity contribution is 0.126. The number of nitrogens with zero attached hydrogens (tertiary/aromatic N) is 2. The van der Waals surface area contributed by atoms with Crippen LogP contribution in [0.15, 0.2) is 12.3 Å². The molecule has 1 aromatic heterocycles. The van der Waals surface area contributed by atoms with Gasteiger partial charge in [-0.2, -0.15) is 5.10 Å². The van der Waals surface area contributed by atoms with Crippen LogP contribution in [0.4, 0.5) is 0 Å². The molecule has 1 aliphatic heterocycles. The quantitative estimate of drug-likeness (QED) is 0.750. The summed E-state index contributed by atoms with van der Waals surface area (Å²) in [7, 11) is 0. The molecule has 0 amide bonds. The zero-order valence-electron chi connectivity index (χ0n) is 8.03. The third-order valence-corrected chi connectivity index (χ3v) is 2.15. The molecular weight excluding hydrogens is 166 g/mol. The van der Waals surface area contributed by atoms with Crippen LogP contribution in [0.2, 0.25) is 0 Å². The topological polar surface area (TPSA) is 39.1 Å². The fourth-order valence-electron chi connectivity index (χ4n) is 1.30. The Morgan fingerprint density at radius 3 is 2.92 bits per heavy atom. The molecule has 1 saturated heterocycles. The van der Waals surface area contributed by atoms with Crippen molar-refractivity contribution in [2.45, 2.75) is 26.0 Å². The number of aromatic nitrogens is 2. The maximum atomic E-state index is 5.72. The zero-order valence-corrected chi connectivity index (χ0v) is 8.03. The highest BCUT2D eigenvalue weighted by Gasteiger charge is 2.20. The number of hydrogen-bond donors (Lipinski definition) is 1. The molecule has 0 aliphatic carbocycles. The lowest BCUT2D eigenvalue weighted by atomic mass is 10.2. The van der Waals surface area contributed by atoms with Crippen LogP contribution in [0.25, 0.3) is 0 Å². The van der Waals surface area contributed by atoms with Crippen LogP contribution in [-0.4, -0.2) is 29.0 Å². The summed E-state index contributed by atoms with van der Waals surface area (Å²) in [5.41, 5.74) is 0. The number of nitrogens with one attached hydrogen (secondary N) is 1. The number of ether oxygens (including phenoxy) is 1. The van der Waals surface area contributed by atoms with E-state index in [0.29, 0.717) is 12.1 Å². The van der Waals surface area contributed by atoms with Gasteiger partial charge in [-0.15, -0.1) is 0 Å². The van der Waals surface area contributed by atoms with Crippen molar-refractivity contribution in [3.8, 4) is 5.88 Å². The highest BCUT2D eigenvalue weighted by molar-refractivity contribution is 5.10. The predicted octanol–water partition coefficient (Wildman–Crippen LogP) is 0.815. The van der Waals surface area contributed by atoms with Gasteiger partial charge in [-0.05, 0) is 13.8 Å². The second-order valence-corrected chi connectivity index (χ2v) is 3.61. The molecule has 0 aromatic carbocycles. The van der Waals surface area contributed by atoms with E-state index in [4.69, 9.17) is 4.74 Å². The van der Waals surface area contributed by atoms with Gasteiger partial charge in [0.2, 0.25) is 5.88 Å². The third-order valence-electron chi connectivity index (χ3n) is 2.15. The Hall–Kier alpha value is -1.03. The second kappa shape index (κ2) is 3.38. The van der Waals surface area contributed by atoms with Gasteiger partial charge in [0.15, 0.2) is 0 Å². The Morgan fingerprint density at radius 2 is 2.38 bits per heavy atom. The lowest BCUT2D eigenvalue weighted by Crippen LogP contribution is -2.50. The van der Waals surface area contributed by atoms with Crippen molar-refractivity contribution in [2.75, 3.05) is 13.1 Å². The highest BCUT2D eigenvalue weighted by atomic mass is 16.5. The summed E-state index contributed by atoms with van der Waals surface area (Å²) in [5, 5.41) is 7.37. The smallest absolute Gasteiger partial charge is 0.212 e. The van der Waals surface area contributed by atoms with Gasteiger partial charge in [0.05, 0.1) is 12.2 Å². The Morgan fingerprint density at radius 1 is 1.62 bits per heavy atom. The van der Waals surface area contributed by atoms with Gasteiger partial charge in [0, 0.05) is 19.2 Å². The predicted molar refractivity (Wildman–Crippen MR) is 49.9 cm³/mol. The Kier molecular flexibility index (Phi) is 2.22. The van der Waals surface area contributed by atoms with Gasteiger partial charge >= 0.3 is 0 Å². The summed E-state index contributed by atoms with van der Waals surface area (Å²) >= 11 is 0. The average molecular weight is 181 g/mol. The average Bonchev–Trinajstić information content (AvgIpc) is 2.44. The van der Waals surface area contributed by atoms with Crippen LogP contribution in [0, 0.1) is 0 Å². The molecule has 1 aliphatic rings. The van der Waals surface area contributed by atoms with E-state index >= 15 is 0 Å². The van der Waals surface area contributed by atoms with Crippen molar-refractivity contribution in [3.05, 3.63) is 12.3 Å². The van der Waals surface area contributed by atoms with Gasteiger partial charge < -0.3 is 10.1 Å². The Labute approximate surface area is 77.9 Å². The third kappa shape index (κ3) is 1.67. The standard InChI is InChI=1S/C9H15N3O/c1-7(2)12-9(3-4-11-12)13-8-5-10-6-8/h3-4,7-8,10H,5-6H2,1-2H3. The van der Waals surface area contributed by atoms with E-state index < -0.39 is 0 Å². The van der Waals surface area contributed by atoms with Crippen LogP contribution in [0.1, 0.15) is 19.9 Å². The van der Waals surface area contributed by atoms with Crippen LogP contribution in [0.3, 0.4) is 0 Å². The van der Waals surface area contributed by atoms with Crippen molar-refractivity contribution in [3.63, 3.8) is 0 Å². The summed E-state index contributed by atoms with van der Waals surface area (Å²) in [6, 6.07) is 2.27. The minimum absolute atomic E-state index is 0.328. The molecule has 0 spiro atoms. The molecule has 13 heavy (non-hydrogen) atoms. The first-order valence-electron chi connectivity index (χ1n) is 4.68. The molecule has 1 N–H and O–H groups in total. The molecular formula is C9H15N3O. The first-order valence-corrected chi connectivity index (χ1v) is 4.68. The van der Waals surface area contributed by atoms with E-state index in [2.05, 4.69) is 24.3 Å². The number of rotatable bonds is 3. The SMILES string of the molecule is CC(C)n1nccc1OC1CNC1. The van der Waals surface area contributed by atoms with Crippen LogP contribution in [-0.2, 0) is 0 Å². The normalized spacial score (nSPS) is 17.5. The lowest BCUT2D eigenvalue weighted by Gasteiger charge is -2.28. The zero-order chi connectivity index (χ0) is 9.26. The van der Waals surface area contributed by atoms with Gasteiger partial charge in [0.25, 0.3) is 0 Å². The van der Waals surface area contributed by atoms with Gasteiger partial charge in [-0.3, -0.25) is 0 Å². The number of hydrogen-bond acceptors (Lipinski definition) is 3. The molecule has 0 atom stereocenters. The van der Waals surface area contributed by atoms with E-state index in [0.717, 1.165) is 19.0 Å². The maximum absolute atomic E-state index is 5.72. The summed E-state index contributed by atoms with van der Waals surface area (Å²) < 4.78 is 7.62. The van der Waals surface area contributed by atoms with Gasteiger partial charge in [-0.25, -0.2) is 4.68 Å². The molecule has 1 fully saturated rings. The summed E-state index contributed by atoms with van der Waals surface area (Å²) in [4.78, 5) is 0. The first-order chi connectivity index (χ1) is 6.27. The van der Waals surface area contributed by atoms with Gasteiger partial charge in [0.1, 0.15) is 6.10 Å². The summed E-state index contributed by atoms with van der Waals surface area (Å²) in [6.45, 7) is 6.09. The minimum Gasteiger partial charge on any atom is -0.472 e. The first kappa shape index (κ1) is 8.56. The fourth-order valence-corrected chi connectivity index (χ4v) is 1.30. The highest BCUT2D eigenvalue weighted by Crippen LogP contribution is 2.17. The van der Waals surface area contributed by atoms with Crippen molar-refractivity contribution >= 4 is 0 Å². The van der Waals surface area contributed by atoms with E-state index in [-0.39, 0.29) is 0 Å². The van der Waals surface area contributed by atoms with E-state index in [1.807, 2.05) is 10.7 Å². The van der Waals surface area contributed by atoms with Crippen LogP contribution < -0.4 is 10.1 Å². The molecule has 0 saturated carbocycles. The molecule has 4 heteroatoms. The summed E-state index contributed by atoms with van der Waals surface area (Å²) in [6.07, 6.45) is 2.11. The van der Waals surface area contributed by atoms with Crippen molar-refractivity contribution < 1.29 is 4.74 Å². The molecule has 2 rings (SSSR count). The minimum atomic E-state index is 0.328. The molecule has 0 unspecified atom stereocenters. The molecule has 72 valence electrons. The second-order valence-electron chi connectivity index (χ2n) is 3.61. The van der Waals surface area contributed by atoms with Crippen molar-refractivity contribution in [1.29, 1.82) is 0 Å². The van der Waals surface area contributed by atoms with Crippen LogP contribution >= 0.6 is 0 Å². The van der Waals surface area contributed by atoms with Crippen LogP contribution in [0.5, 0.6) is 5.88 Å². The van der Waals surface area contributed by atoms with Crippen molar-refractivity contribution in [1.82, 2.24) is 15.1 Å². The van der Waals surface area contributed by atoms with E-state index in [9.17, 15) is 0 Å². The molecule has 2 heterocycles. The monoisotopic (exact) mass is 181 g/mol. The molecule has 4 nitrogen and oxygen atoms in total. The van der Waals surface area contributed by atoms with Crippen molar-refractivity contribution in [2.24, 2.45) is 0 Å². The molecule has 0 bridgehead atoms. The van der Waals surface area contributed by atoms with E-state index in [1.54, 1.807) is 6.20 Å². The van der Waals surface area contributed by atoms with E-state index in [1.165, 1.54) is 0 Å².